The average molecular weight is 219 g/mol. The minimum atomic E-state index is -4.42. The number of aromatic nitrogens is 1. The third kappa shape index (κ3) is 2.90. The molecule has 0 bridgehead atoms. The van der Waals surface area contributed by atoms with Gasteiger partial charge in [0.25, 0.3) is 0 Å². The summed E-state index contributed by atoms with van der Waals surface area (Å²) in [5, 5.41) is 0. The molecule has 15 heavy (non-hydrogen) atoms. The van der Waals surface area contributed by atoms with Crippen LogP contribution in [0.15, 0.2) is 18.3 Å². The zero-order valence-electron chi connectivity index (χ0n) is 8.12. The smallest absolute Gasteiger partial charge is 0.326 e. The maximum absolute atomic E-state index is 12.2. The number of nitrogens with zero attached hydrogens (tertiary/aromatic N) is 1. The van der Waals surface area contributed by atoms with E-state index in [4.69, 9.17) is 11.5 Å². The van der Waals surface area contributed by atoms with Gasteiger partial charge in [-0.2, -0.15) is 13.2 Å². The largest absolute Gasteiger partial charge is 0.433 e. The number of alkyl halides is 3. The van der Waals surface area contributed by atoms with Gasteiger partial charge in [-0.1, -0.05) is 6.07 Å². The first-order chi connectivity index (χ1) is 6.82. The van der Waals surface area contributed by atoms with E-state index < -0.39 is 17.9 Å². The minimum Gasteiger partial charge on any atom is -0.326 e. The van der Waals surface area contributed by atoms with Gasteiger partial charge in [0, 0.05) is 18.3 Å². The van der Waals surface area contributed by atoms with Gasteiger partial charge in [-0.05, 0) is 18.6 Å². The second-order valence-corrected chi connectivity index (χ2v) is 3.36. The van der Waals surface area contributed by atoms with Crippen molar-refractivity contribution < 1.29 is 13.2 Å². The van der Waals surface area contributed by atoms with E-state index in [0.717, 1.165) is 12.3 Å². The Bertz CT molecular complexity index is 318. The third-order valence-electron chi connectivity index (χ3n) is 2.03. The second kappa shape index (κ2) is 4.16. The molecular weight excluding hydrogens is 207 g/mol. The molecule has 1 aromatic rings. The fourth-order valence-electron chi connectivity index (χ4n) is 1.07. The van der Waals surface area contributed by atoms with Gasteiger partial charge in [-0.3, -0.25) is 4.98 Å². The third-order valence-corrected chi connectivity index (χ3v) is 2.03. The van der Waals surface area contributed by atoms with Crippen molar-refractivity contribution in [3.63, 3.8) is 0 Å². The Labute approximate surface area is 85.3 Å². The Morgan fingerprint density at radius 3 is 2.20 bits per heavy atom. The van der Waals surface area contributed by atoms with Crippen molar-refractivity contribution in [2.24, 2.45) is 11.5 Å². The van der Waals surface area contributed by atoms with Crippen molar-refractivity contribution in [2.45, 2.75) is 25.2 Å². The molecule has 1 rings (SSSR count). The van der Waals surface area contributed by atoms with Gasteiger partial charge in [-0.15, -0.1) is 0 Å². The standard InChI is InChI=1S/C9H12F3N3/c1-5(13)8(14)6-2-3-7(15-4-6)9(10,11)12/h2-5,8H,13-14H2,1H3. The highest BCUT2D eigenvalue weighted by Crippen LogP contribution is 2.27. The molecule has 0 saturated carbocycles. The summed E-state index contributed by atoms with van der Waals surface area (Å²) in [6.07, 6.45) is -3.31. The van der Waals surface area contributed by atoms with E-state index in [1.54, 1.807) is 6.92 Å². The van der Waals surface area contributed by atoms with Crippen molar-refractivity contribution >= 4 is 0 Å². The van der Waals surface area contributed by atoms with E-state index >= 15 is 0 Å². The highest BCUT2D eigenvalue weighted by Gasteiger charge is 2.32. The molecule has 1 aromatic heterocycles. The fourth-order valence-corrected chi connectivity index (χ4v) is 1.07. The van der Waals surface area contributed by atoms with Gasteiger partial charge in [0.15, 0.2) is 0 Å². The van der Waals surface area contributed by atoms with Crippen molar-refractivity contribution in [2.75, 3.05) is 0 Å². The van der Waals surface area contributed by atoms with Gasteiger partial charge in [-0.25, -0.2) is 0 Å². The number of nitrogens with two attached hydrogens (primary N) is 2. The molecule has 0 aromatic carbocycles. The van der Waals surface area contributed by atoms with Crippen molar-refractivity contribution in [3.05, 3.63) is 29.6 Å². The lowest BCUT2D eigenvalue weighted by Gasteiger charge is -2.16. The van der Waals surface area contributed by atoms with Crippen LogP contribution in [0.3, 0.4) is 0 Å². The molecular formula is C9H12F3N3. The summed E-state index contributed by atoms with van der Waals surface area (Å²) in [4.78, 5) is 3.29. The molecule has 84 valence electrons. The molecule has 0 aliphatic carbocycles. The quantitative estimate of drug-likeness (QED) is 0.791. The van der Waals surface area contributed by atoms with Crippen LogP contribution in [0.5, 0.6) is 0 Å². The van der Waals surface area contributed by atoms with Gasteiger partial charge in [0.1, 0.15) is 5.69 Å². The van der Waals surface area contributed by atoms with E-state index in [1.807, 2.05) is 0 Å². The normalized spacial score (nSPS) is 16.1. The SMILES string of the molecule is CC(N)C(N)c1ccc(C(F)(F)F)nc1. The van der Waals surface area contributed by atoms with Crippen LogP contribution in [0.25, 0.3) is 0 Å². The maximum atomic E-state index is 12.2. The molecule has 2 unspecified atom stereocenters. The van der Waals surface area contributed by atoms with Crippen molar-refractivity contribution in [1.29, 1.82) is 0 Å². The summed E-state index contributed by atoms with van der Waals surface area (Å²) in [5.74, 6) is 0. The summed E-state index contributed by atoms with van der Waals surface area (Å²) in [5.41, 5.74) is 10.7. The molecule has 0 amide bonds. The molecule has 1 heterocycles. The topological polar surface area (TPSA) is 64.9 Å². The highest BCUT2D eigenvalue weighted by atomic mass is 19.4. The number of pyridine rings is 1. The van der Waals surface area contributed by atoms with E-state index in [1.165, 1.54) is 6.07 Å². The Morgan fingerprint density at radius 2 is 1.87 bits per heavy atom. The van der Waals surface area contributed by atoms with Crippen LogP contribution in [0.1, 0.15) is 24.2 Å². The van der Waals surface area contributed by atoms with Gasteiger partial charge >= 0.3 is 6.18 Å². The van der Waals surface area contributed by atoms with Gasteiger partial charge in [0.05, 0.1) is 0 Å². The number of halogens is 3. The molecule has 0 saturated heterocycles. The molecule has 6 heteroatoms. The number of rotatable bonds is 2. The first kappa shape index (κ1) is 11.9. The summed E-state index contributed by atoms with van der Waals surface area (Å²) >= 11 is 0. The van der Waals surface area contributed by atoms with Crippen LogP contribution in [-0.4, -0.2) is 11.0 Å². The zero-order valence-corrected chi connectivity index (χ0v) is 8.12. The lowest BCUT2D eigenvalue weighted by molar-refractivity contribution is -0.141. The van der Waals surface area contributed by atoms with E-state index in [0.29, 0.717) is 5.56 Å². The Hall–Kier alpha value is -1.14. The van der Waals surface area contributed by atoms with Gasteiger partial charge < -0.3 is 11.5 Å². The van der Waals surface area contributed by atoms with Crippen LogP contribution >= 0.6 is 0 Å². The molecule has 2 atom stereocenters. The van der Waals surface area contributed by atoms with Crippen molar-refractivity contribution in [3.8, 4) is 0 Å². The Kier molecular flexibility index (Phi) is 3.31. The Morgan fingerprint density at radius 1 is 1.27 bits per heavy atom. The summed E-state index contributed by atoms with van der Waals surface area (Å²) in [6, 6.07) is 1.37. The minimum absolute atomic E-state index is 0.330. The molecule has 3 nitrogen and oxygen atoms in total. The lowest BCUT2D eigenvalue weighted by atomic mass is 10.0. The highest BCUT2D eigenvalue weighted by molar-refractivity contribution is 5.20. The first-order valence-electron chi connectivity index (χ1n) is 4.36. The molecule has 0 aliphatic rings. The fraction of sp³-hybridized carbons (Fsp3) is 0.444. The lowest BCUT2D eigenvalue weighted by Crippen LogP contribution is -2.31. The van der Waals surface area contributed by atoms with E-state index in [9.17, 15) is 13.2 Å². The molecule has 0 aliphatic heterocycles. The van der Waals surface area contributed by atoms with E-state index in [-0.39, 0.29) is 6.04 Å². The second-order valence-electron chi connectivity index (χ2n) is 3.36. The zero-order chi connectivity index (χ0) is 11.6. The molecule has 0 spiro atoms. The van der Waals surface area contributed by atoms with Crippen LogP contribution < -0.4 is 11.5 Å². The Balaban J connectivity index is 2.91. The summed E-state index contributed by atoms with van der Waals surface area (Å²) in [7, 11) is 0. The monoisotopic (exact) mass is 219 g/mol. The summed E-state index contributed by atoms with van der Waals surface area (Å²) in [6.45, 7) is 1.68. The van der Waals surface area contributed by atoms with Crippen LogP contribution in [0.4, 0.5) is 13.2 Å². The van der Waals surface area contributed by atoms with Gasteiger partial charge in [0.2, 0.25) is 0 Å². The van der Waals surface area contributed by atoms with Crippen LogP contribution in [0, 0.1) is 0 Å². The van der Waals surface area contributed by atoms with Crippen LogP contribution in [-0.2, 0) is 6.18 Å². The first-order valence-corrected chi connectivity index (χ1v) is 4.36. The molecule has 0 radical (unpaired) electrons. The maximum Gasteiger partial charge on any atom is 0.433 e. The molecule has 4 N–H and O–H groups in total. The predicted molar refractivity (Wildman–Crippen MR) is 49.8 cm³/mol. The number of hydrogen-bond donors (Lipinski definition) is 2. The van der Waals surface area contributed by atoms with Crippen molar-refractivity contribution in [1.82, 2.24) is 4.98 Å². The average Bonchev–Trinajstić information content (AvgIpc) is 2.15. The number of hydrogen-bond acceptors (Lipinski definition) is 3. The molecule has 0 fully saturated rings. The summed E-state index contributed by atoms with van der Waals surface area (Å²) < 4.78 is 36.5. The van der Waals surface area contributed by atoms with E-state index in [2.05, 4.69) is 4.98 Å². The van der Waals surface area contributed by atoms with Crippen LogP contribution in [0.2, 0.25) is 0 Å². The predicted octanol–water partition coefficient (Wildman–Crippen LogP) is 1.45.